The Morgan fingerprint density at radius 2 is 2.15 bits per heavy atom. The summed E-state index contributed by atoms with van der Waals surface area (Å²) in [5, 5.41) is 7.17. The first-order valence-corrected chi connectivity index (χ1v) is 8.89. The Bertz CT molecular complexity index is 925. The first kappa shape index (κ1) is 16.4. The third kappa shape index (κ3) is 2.86. The standard InChI is InChI=1S/C17H14N4O4S/c22-13-4-3-12(15(24)19-13)21-8-10-2-1-9(7-11(10)16(21)25)14(23)20-17-18-5-6-26-17/h1-2,5-7,12H,3-4,8H2,(H,18,20,23)(H,19,22,24). The molecular formula is C17H14N4O4S. The van der Waals surface area contributed by atoms with Crippen molar-refractivity contribution < 1.29 is 19.2 Å². The molecule has 2 aliphatic rings. The van der Waals surface area contributed by atoms with E-state index in [9.17, 15) is 19.2 Å². The molecule has 1 aromatic carbocycles. The molecule has 1 aromatic heterocycles. The third-order valence-corrected chi connectivity index (χ3v) is 5.13. The molecule has 9 heteroatoms. The zero-order valence-corrected chi connectivity index (χ0v) is 14.3. The number of anilines is 1. The third-order valence-electron chi connectivity index (χ3n) is 4.44. The Balaban J connectivity index is 1.54. The molecule has 8 nitrogen and oxygen atoms in total. The number of carbonyl (C=O) groups is 4. The Labute approximate surface area is 152 Å². The smallest absolute Gasteiger partial charge is 0.257 e. The van der Waals surface area contributed by atoms with Gasteiger partial charge in [0.2, 0.25) is 11.8 Å². The van der Waals surface area contributed by atoms with E-state index in [1.54, 1.807) is 23.7 Å². The Morgan fingerprint density at radius 1 is 1.31 bits per heavy atom. The van der Waals surface area contributed by atoms with E-state index in [2.05, 4.69) is 15.6 Å². The highest BCUT2D eigenvalue weighted by Crippen LogP contribution is 2.28. The highest BCUT2D eigenvalue weighted by atomic mass is 32.1. The summed E-state index contributed by atoms with van der Waals surface area (Å²) in [7, 11) is 0. The molecule has 26 heavy (non-hydrogen) atoms. The van der Waals surface area contributed by atoms with Crippen molar-refractivity contribution in [3.05, 3.63) is 46.5 Å². The minimum absolute atomic E-state index is 0.206. The van der Waals surface area contributed by atoms with Gasteiger partial charge in [0.05, 0.1) is 0 Å². The lowest BCUT2D eigenvalue weighted by Gasteiger charge is -2.29. The summed E-state index contributed by atoms with van der Waals surface area (Å²) >= 11 is 1.30. The number of nitrogens with zero attached hydrogens (tertiary/aromatic N) is 2. The number of imide groups is 1. The summed E-state index contributed by atoms with van der Waals surface area (Å²) < 4.78 is 0. The number of hydrogen-bond donors (Lipinski definition) is 2. The van der Waals surface area contributed by atoms with Gasteiger partial charge < -0.3 is 4.90 Å². The highest BCUT2D eigenvalue weighted by Gasteiger charge is 2.39. The lowest BCUT2D eigenvalue weighted by Crippen LogP contribution is -2.52. The summed E-state index contributed by atoms with van der Waals surface area (Å²) in [6.07, 6.45) is 2.10. The topological polar surface area (TPSA) is 108 Å². The summed E-state index contributed by atoms with van der Waals surface area (Å²) in [6, 6.07) is 4.23. The number of piperidine rings is 1. The van der Waals surface area contributed by atoms with E-state index < -0.39 is 11.9 Å². The van der Waals surface area contributed by atoms with Crippen molar-refractivity contribution in [2.45, 2.75) is 25.4 Å². The van der Waals surface area contributed by atoms with Crippen LogP contribution in [0.4, 0.5) is 5.13 Å². The Morgan fingerprint density at radius 3 is 2.88 bits per heavy atom. The van der Waals surface area contributed by atoms with Crippen molar-refractivity contribution in [2.24, 2.45) is 0 Å². The molecule has 0 spiro atoms. The van der Waals surface area contributed by atoms with Crippen LogP contribution in [0.2, 0.25) is 0 Å². The number of aromatic nitrogens is 1. The Kier molecular flexibility index (Phi) is 4.00. The maximum atomic E-state index is 12.7. The fraction of sp³-hybridized carbons (Fsp3) is 0.235. The molecule has 0 saturated carbocycles. The summed E-state index contributed by atoms with van der Waals surface area (Å²) in [4.78, 5) is 53.8. The number of fused-ring (bicyclic) bond motifs is 1. The van der Waals surface area contributed by atoms with Crippen LogP contribution in [0.25, 0.3) is 0 Å². The van der Waals surface area contributed by atoms with E-state index in [0.717, 1.165) is 5.56 Å². The van der Waals surface area contributed by atoms with Crippen LogP contribution < -0.4 is 10.6 Å². The SMILES string of the molecule is O=C1CCC(N2Cc3ccc(C(=O)Nc4nccs4)cc3C2=O)C(=O)N1. The molecular weight excluding hydrogens is 356 g/mol. The van der Waals surface area contributed by atoms with Crippen molar-refractivity contribution in [2.75, 3.05) is 5.32 Å². The second-order valence-corrected chi connectivity index (χ2v) is 6.96. The van der Waals surface area contributed by atoms with Gasteiger partial charge in [-0.25, -0.2) is 4.98 Å². The van der Waals surface area contributed by atoms with Crippen LogP contribution in [0, 0.1) is 0 Å². The van der Waals surface area contributed by atoms with Crippen LogP contribution in [-0.4, -0.2) is 39.6 Å². The molecule has 1 atom stereocenters. The molecule has 3 heterocycles. The van der Waals surface area contributed by atoms with Crippen LogP contribution in [0.3, 0.4) is 0 Å². The maximum Gasteiger partial charge on any atom is 0.257 e. The van der Waals surface area contributed by atoms with Crippen LogP contribution in [0.15, 0.2) is 29.8 Å². The van der Waals surface area contributed by atoms with Gasteiger partial charge in [-0.3, -0.25) is 29.8 Å². The molecule has 2 N–H and O–H groups in total. The van der Waals surface area contributed by atoms with Gasteiger partial charge >= 0.3 is 0 Å². The largest absolute Gasteiger partial charge is 0.322 e. The Hall–Kier alpha value is -3.07. The van der Waals surface area contributed by atoms with E-state index in [1.807, 2.05) is 0 Å². The molecule has 4 amide bonds. The van der Waals surface area contributed by atoms with E-state index in [0.29, 0.717) is 22.7 Å². The minimum Gasteiger partial charge on any atom is -0.322 e. The second kappa shape index (κ2) is 6.34. The second-order valence-electron chi connectivity index (χ2n) is 6.06. The summed E-state index contributed by atoms with van der Waals surface area (Å²) in [5.41, 5.74) is 1.50. The fourth-order valence-electron chi connectivity index (χ4n) is 3.15. The van der Waals surface area contributed by atoms with E-state index in [1.165, 1.54) is 22.3 Å². The van der Waals surface area contributed by atoms with Crippen LogP contribution >= 0.6 is 11.3 Å². The zero-order valence-electron chi connectivity index (χ0n) is 13.5. The molecule has 1 saturated heterocycles. The molecule has 1 unspecified atom stereocenters. The van der Waals surface area contributed by atoms with Gasteiger partial charge in [0.15, 0.2) is 5.13 Å². The van der Waals surface area contributed by atoms with E-state index >= 15 is 0 Å². The molecule has 0 bridgehead atoms. The number of rotatable bonds is 3. The predicted molar refractivity (Wildman–Crippen MR) is 92.6 cm³/mol. The molecule has 0 radical (unpaired) electrons. The van der Waals surface area contributed by atoms with Gasteiger partial charge in [0, 0.05) is 35.7 Å². The number of amides is 4. The lowest BCUT2D eigenvalue weighted by atomic mass is 10.0. The maximum absolute atomic E-state index is 12.7. The van der Waals surface area contributed by atoms with Crippen LogP contribution in [0.1, 0.15) is 39.1 Å². The number of benzene rings is 1. The van der Waals surface area contributed by atoms with E-state index in [4.69, 9.17) is 0 Å². The lowest BCUT2D eigenvalue weighted by molar-refractivity contribution is -0.136. The van der Waals surface area contributed by atoms with Gasteiger partial charge in [0.25, 0.3) is 11.8 Å². The predicted octanol–water partition coefficient (Wildman–Crippen LogP) is 1.16. The van der Waals surface area contributed by atoms with Gasteiger partial charge in [-0.05, 0) is 24.1 Å². The average molecular weight is 370 g/mol. The average Bonchev–Trinajstić information content (AvgIpc) is 3.23. The van der Waals surface area contributed by atoms with Crippen molar-refractivity contribution in [1.82, 2.24) is 15.2 Å². The minimum atomic E-state index is -0.666. The number of carbonyl (C=O) groups excluding carboxylic acids is 4. The van der Waals surface area contributed by atoms with Gasteiger partial charge in [0.1, 0.15) is 6.04 Å². The highest BCUT2D eigenvalue weighted by molar-refractivity contribution is 7.13. The fourth-order valence-corrected chi connectivity index (χ4v) is 3.67. The van der Waals surface area contributed by atoms with Crippen molar-refractivity contribution in [3.63, 3.8) is 0 Å². The van der Waals surface area contributed by atoms with Gasteiger partial charge in [-0.1, -0.05) is 6.07 Å². The number of thiazole rings is 1. The molecule has 4 rings (SSSR count). The molecule has 2 aliphatic heterocycles. The first-order chi connectivity index (χ1) is 12.5. The van der Waals surface area contributed by atoms with Crippen LogP contribution in [-0.2, 0) is 16.1 Å². The van der Waals surface area contributed by atoms with Crippen LogP contribution in [0.5, 0.6) is 0 Å². The number of nitrogens with one attached hydrogen (secondary N) is 2. The van der Waals surface area contributed by atoms with Crippen molar-refractivity contribution in [3.8, 4) is 0 Å². The molecule has 132 valence electrons. The monoisotopic (exact) mass is 370 g/mol. The van der Waals surface area contributed by atoms with E-state index in [-0.39, 0.29) is 30.7 Å². The van der Waals surface area contributed by atoms with Crippen molar-refractivity contribution in [1.29, 1.82) is 0 Å². The normalized spacial score (nSPS) is 19.3. The number of hydrogen-bond acceptors (Lipinski definition) is 6. The zero-order chi connectivity index (χ0) is 18.3. The quantitative estimate of drug-likeness (QED) is 0.788. The molecule has 2 aromatic rings. The van der Waals surface area contributed by atoms with Crippen molar-refractivity contribution >= 4 is 40.1 Å². The van der Waals surface area contributed by atoms with Gasteiger partial charge in [-0.2, -0.15) is 0 Å². The summed E-state index contributed by atoms with van der Waals surface area (Å²) in [5.74, 6) is -1.44. The summed E-state index contributed by atoms with van der Waals surface area (Å²) in [6.45, 7) is 0.287. The molecule has 1 fully saturated rings. The van der Waals surface area contributed by atoms with Gasteiger partial charge in [-0.15, -0.1) is 11.3 Å². The molecule has 0 aliphatic carbocycles. The first-order valence-electron chi connectivity index (χ1n) is 8.01.